The minimum Gasteiger partial charge on any atom is -0.343 e. The molecule has 0 aliphatic heterocycles. The van der Waals surface area contributed by atoms with Gasteiger partial charge in [-0.05, 0) is 24.3 Å². The standard InChI is InChI=1S/C18H21N5O3S/c1-12-20-17(22-26-12)18(7-3-2-4-8-18)21-14(24)5-9-23-11-19-15-13(16(23)25)6-10-27-15/h6,10-11H,2-5,7-9H2,1H3,(H,21,24). The van der Waals surface area contributed by atoms with Crippen molar-refractivity contribution < 1.29 is 9.32 Å². The molecular weight excluding hydrogens is 366 g/mol. The van der Waals surface area contributed by atoms with Crippen LogP contribution >= 0.6 is 11.3 Å². The van der Waals surface area contributed by atoms with E-state index in [0.717, 1.165) is 32.1 Å². The van der Waals surface area contributed by atoms with E-state index < -0.39 is 5.54 Å². The lowest BCUT2D eigenvalue weighted by atomic mass is 9.81. The maximum absolute atomic E-state index is 12.7. The molecule has 3 aromatic rings. The quantitative estimate of drug-likeness (QED) is 0.721. The summed E-state index contributed by atoms with van der Waals surface area (Å²) in [7, 11) is 0. The molecule has 1 aliphatic rings. The molecule has 8 nitrogen and oxygen atoms in total. The van der Waals surface area contributed by atoms with Crippen molar-refractivity contribution >= 4 is 27.5 Å². The van der Waals surface area contributed by atoms with Gasteiger partial charge in [0.15, 0.2) is 5.82 Å². The molecule has 1 fully saturated rings. The largest absolute Gasteiger partial charge is 0.343 e. The summed E-state index contributed by atoms with van der Waals surface area (Å²) in [4.78, 5) is 34.5. The van der Waals surface area contributed by atoms with Crippen LogP contribution in [0.4, 0.5) is 0 Å². The number of hydrogen-bond donors (Lipinski definition) is 1. The van der Waals surface area contributed by atoms with E-state index in [1.807, 2.05) is 5.38 Å². The van der Waals surface area contributed by atoms with Gasteiger partial charge in [0, 0.05) is 19.9 Å². The Hall–Kier alpha value is -2.55. The summed E-state index contributed by atoms with van der Waals surface area (Å²) in [6.07, 6.45) is 6.43. The van der Waals surface area contributed by atoms with Crippen molar-refractivity contribution in [1.29, 1.82) is 0 Å². The molecule has 3 heterocycles. The zero-order valence-corrected chi connectivity index (χ0v) is 15.9. The fourth-order valence-electron chi connectivity index (χ4n) is 3.66. The van der Waals surface area contributed by atoms with Crippen LogP contribution in [0.2, 0.25) is 0 Å². The van der Waals surface area contributed by atoms with Crippen LogP contribution in [0.15, 0.2) is 27.1 Å². The fourth-order valence-corrected chi connectivity index (χ4v) is 4.38. The van der Waals surface area contributed by atoms with Crippen molar-refractivity contribution in [3.8, 4) is 0 Å². The number of hydrogen-bond acceptors (Lipinski definition) is 7. The number of fused-ring (bicyclic) bond motifs is 1. The first-order valence-corrected chi connectivity index (χ1v) is 10.00. The molecule has 3 aromatic heterocycles. The topological polar surface area (TPSA) is 103 Å². The molecule has 1 amide bonds. The van der Waals surface area contributed by atoms with Crippen molar-refractivity contribution in [1.82, 2.24) is 25.0 Å². The van der Waals surface area contributed by atoms with Gasteiger partial charge in [0.05, 0.1) is 11.7 Å². The third-order valence-corrected chi connectivity index (χ3v) is 5.89. The highest BCUT2D eigenvalue weighted by atomic mass is 32.1. The van der Waals surface area contributed by atoms with Crippen molar-refractivity contribution in [2.75, 3.05) is 0 Å². The van der Waals surface area contributed by atoms with E-state index in [1.165, 1.54) is 22.2 Å². The Morgan fingerprint density at radius 2 is 2.19 bits per heavy atom. The fraction of sp³-hybridized carbons (Fsp3) is 0.500. The Morgan fingerprint density at radius 3 is 2.93 bits per heavy atom. The molecule has 1 saturated carbocycles. The molecule has 142 valence electrons. The van der Waals surface area contributed by atoms with Crippen LogP contribution in [0.3, 0.4) is 0 Å². The van der Waals surface area contributed by atoms with Crippen molar-refractivity contribution in [3.63, 3.8) is 0 Å². The van der Waals surface area contributed by atoms with Crippen molar-refractivity contribution in [3.05, 3.63) is 39.8 Å². The molecule has 0 unspecified atom stereocenters. The summed E-state index contributed by atoms with van der Waals surface area (Å²) in [5.74, 6) is 0.911. The first-order valence-electron chi connectivity index (χ1n) is 9.12. The summed E-state index contributed by atoms with van der Waals surface area (Å²) >= 11 is 1.43. The van der Waals surface area contributed by atoms with E-state index >= 15 is 0 Å². The highest BCUT2D eigenvalue weighted by molar-refractivity contribution is 7.16. The monoisotopic (exact) mass is 387 g/mol. The number of rotatable bonds is 5. The van der Waals surface area contributed by atoms with Crippen LogP contribution in [-0.4, -0.2) is 25.6 Å². The average molecular weight is 387 g/mol. The number of nitrogens with zero attached hydrogens (tertiary/aromatic N) is 4. The molecule has 9 heteroatoms. The number of thiophene rings is 1. The van der Waals surface area contributed by atoms with E-state index in [0.29, 0.717) is 21.9 Å². The molecule has 0 atom stereocenters. The first kappa shape index (κ1) is 17.8. The number of nitrogens with one attached hydrogen (secondary N) is 1. The Labute approximate surface area is 159 Å². The van der Waals surface area contributed by atoms with E-state index in [1.54, 1.807) is 13.0 Å². The van der Waals surface area contributed by atoms with Gasteiger partial charge in [0.25, 0.3) is 5.56 Å². The molecule has 27 heavy (non-hydrogen) atoms. The van der Waals surface area contributed by atoms with Gasteiger partial charge in [-0.1, -0.05) is 24.4 Å². The predicted octanol–water partition coefficient (Wildman–Crippen LogP) is 2.52. The van der Waals surface area contributed by atoms with Gasteiger partial charge in [-0.3, -0.25) is 14.2 Å². The SMILES string of the molecule is Cc1nc(C2(NC(=O)CCn3cnc4sccc4c3=O)CCCCC2)no1. The lowest BCUT2D eigenvalue weighted by Gasteiger charge is -2.35. The Morgan fingerprint density at radius 1 is 1.37 bits per heavy atom. The van der Waals surface area contributed by atoms with Crippen LogP contribution in [0, 0.1) is 6.92 Å². The maximum atomic E-state index is 12.7. The van der Waals surface area contributed by atoms with Crippen LogP contribution in [0.5, 0.6) is 0 Å². The minimum atomic E-state index is -0.576. The predicted molar refractivity (Wildman–Crippen MR) is 100 cm³/mol. The van der Waals surface area contributed by atoms with Gasteiger partial charge in [0.1, 0.15) is 10.4 Å². The van der Waals surface area contributed by atoms with E-state index in [-0.39, 0.29) is 24.4 Å². The summed E-state index contributed by atoms with van der Waals surface area (Å²) in [5.41, 5.74) is -0.691. The van der Waals surface area contributed by atoms with Crippen LogP contribution < -0.4 is 10.9 Å². The molecule has 0 radical (unpaired) electrons. The molecule has 0 aromatic carbocycles. The summed E-state index contributed by atoms with van der Waals surface area (Å²) in [5, 5.41) is 9.62. The summed E-state index contributed by atoms with van der Waals surface area (Å²) in [6.45, 7) is 2.03. The van der Waals surface area contributed by atoms with Gasteiger partial charge in [-0.2, -0.15) is 4.98 Å². The normalized spacial score (nSPS) is 16.5. The zero-order valence-electron chi connectivity index (χ0n) is 15.1. The molecule has 1 aliphatic carbocycles. The van der Waals surface area contributed by atoms with E-state index in [4.69, 9.17) is 4.52 Å². The van der Waals surface area contributed by atoms with E-state index in [2.05, 4.69) is 20.4 Å². The number of amides is 1. The second-order valence-electron chi connectivity index (χ2n) is 6.96. The Bertz CT molecular complexity index is 1020. The van der Waals surface area contributed by atoms with Crippen LogP contribution in [0.1, 0.15) is 50.2 Å². The van der Waals surface area contributed by atoms with Crippen molar-refractivity contribution in [2.45, 2.75) is 57.5 Å². The third-order valence-electron chi connectivity index (χ3n) is 5.07. The molecule has 4 rings (SSSR count). The molecular formula is C18H21N5O3S. The van der Waals surface area contributed by atoms with Gasteiger partial charge in [-0.25, -0.2) is 4.98 Å². The minimum absolute atomic E-state index is 0.116. The second kappa shape index (κ2) is 7.22. The summed E-state index contributed by atoms with van der Waals surface area (Å²) in [6, 6.07) is 1.77. The third kappa shape index (κ3) is 3.51. The number of carbonyl (C=O) groups is 1. The maximum Gasteiger partial charge on any atom is 0.262 e. The molecule has 0 spiro atoms. The van der Waals surface area contributed by atoms with Crippen LogP contribution in [-0.2, 0) is 16.9 Å². The van der Waals surface area contributed by atoms with Gasteiger partial charge in [-0.15, -0.1) is 11.3 Å². The van der Waals surface area contributed by atoms with Gasteiger partial charge < -0.3 is 9.84 Å². The lowest BCUT2D eigenvalue weighted by Crippen LogP contribution is -2.48. The van der Waals surface area contributed by atoms with Gasteiger partial charge in [0.2, 0.25) is 11.8 Å². The molecule has 1 N–H and O–H groups in total. The zero-order chi connectivity index (χ0) is 18.9. The van der Waals surface area contributed by atoms with Gasteiger partial charge >= 0.3 is 0 Å². The number of aryl methyl sites for hydroxylation is 2. The lowest BCUT2D eigenvalue weighted by molar-refractivity contribution is -0.124. The number of carbonyl (C=O) groups excluding carboxylic acids is 1. The van der Waals surface area contributed by atoms with Crippen LogP contribution in [0.25, 0.3) is 10.2 Å². The average Bonchev–Trinajstić information content (AvgIpc) is 3.31. The highest BCUT2D eigenvalue weighted by Gasteiger charge is 2.39. The highest BCUT2D eigenvalue weighted by Crippen LogP contribution is 2.35. The van der Waals surface area contributed by atoms with Crippen molar-refractivity contribution in [2.24, 2.45) is 0 Å². The molecule has 0 bridgehead atoms. The van der Waals surface area contributed by atoms with E-state index in [9.17, 15) is 9.59 Å². The summed E-state index contributed by atoms with van der Waals surface area (Å²) < 4.78 is 6.62. The molecule has 0 saturated heterocycles. The second-order valence-corrected chi connectivity index (χ2v) is 7.86. The first-order chi connectivity index (χ1) is 13.1. The number of aromatic nitrogens is 4. The Kier molecular flexibility index (Phi) is 4.77. The smallest absolute Gasteiger partial charge is 0.262 e. The Balaban J connectivity index is 1.48.